The van der Waals surface area contributed by atoms with E-state index in [1.807, 2.05) is 0 Å². The molecular weight excluding hydrogens is 243 g/mol. The molecule has 1 fully saturated rings. The molecule has 0 aromatic heterocycles. The molecule has 1 aromatic rings. The number of carbonyl (C=O) groups is 1. The van der Waals surface area contributed by atoms with Crippen LogP contribution < -0.4 is 0 Å². The molecule has 1 amide bonds. The van der Waals surface area contributed by atoms with Gasteiger partial charge in [-0.1, -0.05) is 0 Å². The maximum Gasteiger partial charge on any atom is 0.223 e. The molecule has 18 heavy (non-hydrogen) atoms. The third-order valence-corrected chi connectivity index (χ3v) is 3.32. The van der Waals surface area contributed by atoms with Gasteiger partial charge in [0.05, 0.1) is 6.04 Å². The smallest absolute Gasteiger partial charge is 0.223 e. The van der Waals surface area contributed by atoms with Crippen LogP contribution in [0.25, 0.3) is 0 Å². The molecule has 5 heteroatoms. The lowest BCUT2D eigenvalue weighted by molar-refractivity contribution is -0.135. The number of amides is 1. The fourth-order valence-corrected chi connectivity index (χ4v) is 2.23. The Morgan fingerprint density at radius 1 is 1.17 bits per heavy atom. The van der Waals surface area contributed by atoms with Gasteiger partial charge in [0.1, 0.15) is 0 Å². The maximum absolute atomic E-state index is 13.1. The van der Waals surface area contributed by atoms with Crippen molar-refractivity contribution >= 4 is 5.91 Å². The number of hydrogen-bond acceptors (Lipinski definition) is 1. The van der Waals surface area contributed by atoms with Gasteiger partial charge < -0.3 is 4.90 Å². The van der Waals surface area contributed by atoms with Gasteiger partial charge in [-0.25, -0.2) is 13.2 Å². The third kappa shape index (κ3) is 2.35. The quantitative estimate of drug-likeness (QED) is 0.745. The van der Waals surface area contributed by atoms with E-state index < -0.39 is 23.5 Å². The van der Waals surface area contributed by atoms with Gasteiger partial charge in [0.15, 0.2) is 17.5 Å². The molecule has 2 nitrogen and oxygen atoms in total. The number of rotatable bonds is 2. The molecule has 98 valence electrons. The van der Waals surface area contributed by atoms with Gasteiger partial charge in [0, 0.05) is 13.0 Å². The molecular formula is C13H14F3NO. The first-order chi connectivity index (χ1) is 8.50. The van der Waals surface area contributed by atoms with E-state index in [-0.39, 0.29) is 11.5 Å². The molecule has 1 heterocycles. The minimum absolute atomic E-state index is 0.0288. The van der Waals surface area contributed by atoms with Crippen molar-refractivity contribution in [1.29, 1.82) is 0 Å². The lowest BCUT2D eigenvalue weighted by Crippen LogP contribution is -2.37. The normalized spacial score (nSPS) is 18.0. The zero-order valence-corrected chi connectivity index (χ0v) is 10.0. The molecule has 0 saturated carbocycles. The van der Waals surface area contributed by atoms with Crippen LogP contribution in [0.15, 0.2) is 12.1 Å². The number of carbonyl (C=O) groups excluding carboxylic acids is 1. The van der Waals surface area contributed by atoms with Gasteiger partial charge in [-0.15, -0.1) is 0 Å². The van der Waals surface area contributed by atoms with E-state index in [4.69, 9.17) is 0 Å². The summed E-state index contributed by atoms with van der Waals surface area (Å²) in [6.45, 7) is 2.26. The van der Waals surface area contributed by atoms with Gasteiger partial charge in [-0.2, -0.15) is 0 Å². The summed E-state index contributed by atoms with van der Waals surface area (Å²) in [6.07, 6.45) is 2.17. The van der Waals surface area contributed by atoms with Gasteiger partial charge in [-0.05, 0) is 37.5 Å². The van der Waals surface area contributed by atoms with Gasteiger partial charge >= 0.3 is 0 Å². The highest BCUT2D eigenvalue weighted by Gasteiger charge is 2.25. The topological polar surface area (TPSA) is 20.3 Å². The van der Waals surface area contributed by atoms with Crippen LogP contribution in [0, 0.1) is 17.5 Å². The van der Waals surface area contributed by atoms with E-state index in [9.17, 15) is 18.0 Å². The summed E-state index contributed by atoms with van der Waals surface area (Å²) < 4.78 is 39.2. The first-order valence-electron chi connectivity index (χ1n) is 5.94. The predicted molar refractivity (Wildman–Crippen MR) is 60.3 cm³/mol. The van der Waals surface area contributed by atoms with Crippen molar-refractivity contribution in [2.24, 2.45) is 0 Å². The highest BCUT2D eigenvalue weighted by Crippen LogP contribution is 2.27. The summed E-state index contributed by atoms with van der Waals surface area (Å²) in [7, 11) is 0. The van der Waals surface area contributed by atoms with Crippen LogP contribution in [0.1, 0.15) is 37.8 Å². The van der Waals surface area contributed by atoms with E-state index in [0.29, 0.717) is 13.0 Å². The Kier molecular flexibility index (Phi) is 3.59. The summed E-state index contributed by atoms with van der Waals surface area (Å²) in [5.41, 5.74) is 0.279. The number of hydrogen-bond donors (Lipinski definition) is 0. The van der Waals surface area contributed by atoms with Crippen LogP contribution in [0.4, 0.5) is 13.2 Å². The summed E-state index contributed by atoms with van der Waals surface area (Å²) in [5.74, 6) is -3.95. The summed E-state index contributed by atoms with van der Waals surface area (Å²) >= 11 is 0. The fourth-order valence-electron chi connectivity index (χ4n) is 2.23. The molecule has 1 aliphatic rings. The molecule has 0 aliphatic carbocycles. The second-order valence-corrected chi connectivity index (χ2v) is 4.52. The van der Waals surface area contributed by atoms with Gasteiger partial charge in [0.2, 0.25) is 5.91 Å². The maximum atomic E-state index is 13.1. The molecule has 1 atom stereocenters. The highest BCUT2D eigenvalue weighted by atomic mass is 19.2. The van der Waals surface area contributed by atoms with Crippen LogP contribution >= 0.6 is 0 Å². The number of piperidine rings is 1. The Balaban J connectivity index is 2.28. The summed E-state index contributed by atoms with van der Waals surface area (Å²) in [5, 5.41) is 0. The number of benzene rings is 1. The molecule has 0 radical (unpaired) electrons. The van der Waals surface area contributed by atoms with Crippen LogP contribution in [0.3, 0.4) is 0 Å². The van der Waals surface area contributed by atoms with Crippen molar-refractivity contribution in [2.45, 2.75) is 32.2 Å². The van der Waals surface area contributed by atoms with Gasteiger partial charge in [0.25, 0.3) is 0 Å². The fraction of sp³-hybridized carbons (Fsp3) is 0.462. The SMILES string of the molecule is C[C@@H](c1cc(F)c(F)c(F)c1)N1CCCCC1=O. The lowest BCUT2D eigenvalue weighted by Gasteiger charge is -2.32. The molecule has 2 rings (SSSR count). The second-order valence-electron chi connectivity index (χ2n) is 4.52. The summed E-state index contributed by atoms with van der Waals surface area (Å²) in [4.78, 5) is 13.3. The Labute approximate surface area is 103 Å². The Bertz CT molecular complexity index is 452. The van der Waals surface area contributed by atoms with Crippen molar-refractivity contribution in [3.8, 4) is 0 Å². The van der Waals surface area contributed by atoms with Crippen LogP contribution in [-0.2, 0) is 4.79 Å². The van der Waals surface area contributed by atoms with Crippen molar-refractivity contribution in [1.82, 2.24) is 4.90 Å². The Morgan fingerprint density at radius 2 is 1.78 bits per heavy atom. The van der Waals surface area contributed by atoms with Crippen molar-refractivity contribution in [2.75, 3.05) is 6.54 Å². The molecule has 0 N–H and O–H groups in total. The minimum atomic E-state index is -1.48. The highest BCUT2D eigenvalue weighted by molar-refractivity contribution is 5.77. The second kappa shape index (κ2) is 5.00. The predicted octanol–water partition coefficient (Wildman–Crippen LogP) is 3.18. The first kappa shape index (κ1) is 12.9. The Hall–Kier alpha value is -1.52. The van der Waals surface area contributed by atoms with Gasteiger partial charge in [-0.3, -0.25) is 4.79 Å². The van der Waals surface area contributed by atoms with E-state index in [1.165, 1.54) is 0 Å². The molecule has 1 aliphatic heterocycles. The van der Waals surface area contributed by atoms with Crippen molar-refractivity contribution in [3.05, 3.63) is 35.1 Å². The monoisotopic (exact) mass is 257 g/mol. The molecule has 1 aromatic carbocycles. The standard InChI is InChI=1S/C13H14F3NO/c1-8(17-5-3-2-4-12(17)18)9-6-10(14)13(16)11(15)7-9/h6-8H,2-5H2,1H3/t8-/m0/s1. The average molecular weight is 257 g/mol. The lowest BCUT2D eigenvalue weighted by atomic mass is 10.0. The number of likely N-dealkylation sites (tertiary alicyclic amines) is 1. The van der Waals surface area contributed by atoms with Crippen LogP contribution in [0.5, 0.6) is 0 Å². The van der Waals surface area contributed by atoms with E-state index in [0.717, 1.165) is 25.0 Å². The largest absolute Gasteiger partial charge is 0.336 e. The van der Waals surface area contributed by atoms with Crippen LogP contribution in [-0.4, -0.2) is 17.4 Å². The van der Waals surface area contributed by atoms with Crippen LogP contribution in [0.2, 0.25) is 0 Å². The van der Waals surface area contributed by atoms with E-state index in [2.05, 4.69) is 0 Å². The summed E-state index contributed by atoms with van der Waals surface area (Å²) in [6, 6.07) is 1.46. The van der Waals surface area contributed by atoms with Crippen molar-refractivity contribution in [3.63, 3.8) is 0 Å². The molecule has 1 saturated heterocycles. The third-order valence-electron chi connectivity index (χ3n) is 3.32. The minimum Gasteiger partial charge on any atom is -0.336 e. The molecule has 0 spiro atoms. The molecule has 0 unspecified atom stereocenters. The zero-order chi connectivity index (χ0) is 13.3. The molecule has 0 bridgehead atoms. The number of halogens is 3. The number of nitrogens with zero attached hydrogens (tertiary/aromatic N) is 1. The first-order valence-corrected chi connectivity index (χ1v) is 5.94. The van der Waals surface area contributed by atoms with E-state index in [1.54, 1.807) is 11.8 Å². The zero-order valence-electron chi connectivity index (χ0n) is 10.0. The van der Waals surface area contributed by atoms with Crippen molar-refractivity contribution < 1.29 is 18.0 Å². The Morgan fingerprint density at radius 3 is 2.33 bits per heavy atom. The average Bonchev–Trinajstić information content (AvgIpc) is 2.35. The van der Waals surface area contributed by atoms with E-state index >= 15 is 0 Å².